The molecule has 3 aromatic heterocycles. The van der Waals surface area contributed by atoms with Crippen LogP contribution in [0, 0.1) is 12.7 Å². The Kier molecular flexibility index (Phi) is 6.18. The van der Waals surface area contributed by atoms with E-state index in [9.17, 15) is 9.90 Å². The number of hydrogen-bond acceptors (Lipinski definition) is 7. The number of nitrogens with one attached hydrogen (secondary N) is 2. The average molecular weight is 480 g/mol. The Morgan fingerprint density at radius 3 is 2.83 bits per heavy atom. The molecule has 4 aromatic rings. The first kappa shape index (κ1) is 22.9. The molecule has 1 amide bonds. The Morgan fingerprint density at radius 1 is 1.23 bits per heavy atom. The van der Waals surface area contributed by atoms with Gasteiger partial charge in [-0.15, -0.1) is 0 Å². The fraction of sp³-hybridized carbons (Fsp3) is 0.333. The van der Waals surface area contributed by atoms with Crippen molar-refractivity contribution in [2.75, 3.05) is 32.2 Å². The normalized spacial score (nSPS) is 15.6. The second-order valence-corrected chi connectivity index (χ2v) is 8.48. The molecule has 0 saturated carbocycles. The number of fused-ring (bicyclic) bond motifs is 1. The van der Waals surface area contributed by atoms with Gasteiger partial charge in [0.25, 0.3) is 5.91 Å². The predicted molar refractivity (Wildman–Crippen MR) is 128 cm³/mol. The smallest absolute Gasteiger partial charge is 0.251 e. The summed E-state index contributed by atoms with van der Waals surface area (Å²) >= 11 is 0. The summed E-state index contributed by atoms with van der Waals surface area (Å²) in [6.45, 7) is 3.20. The van der Waals surface area contributed by atoms with E-state index in [0.717, 1.165) is 17.5 Å². The van der Waals surface area contributed by atoms with E-state index in [1.165, 1.54) is 19.2 Å². The Hall–Kier alpha value is -3.83. The molecule has 10 nitrogen and oxygen atoms in total. The minimum atomic E-state index is -0.428. The zero-order chi connectivity index (χ0) is 24.5. The van der Waals surface area contributed by atoms with Gasteiger partial charge in [0.1, 0.15) is 11.6 Å². The van der Waals surface area contributed by atoms with Gasteiger partial charge in [-0.05, 0) is 31.0 Å². The molecule has 4 heterocycles. The second-order valence-electron chi connectivity index (χ2n) is 8.48. The lowest BCUT2D eigenvalue weighted by molar-refractivity contribution is 0.0963. The van der Waals surface area contributed by atoms with Crippen LogP contribution in [-0.2, 0) is 11.3 Å². The van der Waals surface area contributed by atoms with Crippen LogP contribution in [-0.4, -0.2) is 68.3 Å². The van der Waals surface area contributed by atoms with Crippen LogP contribution in [0.1, 0.15) is 22.3 Å². The van der Waals surface area contributed by atoms with Gasteiger partial charge in [0.15, 0.2) is 5.65 Å². The number of rotatable bonds is 7. The number of aromatic nitrogens is 5. The number of aryl methyl sites for hydroxylation is 1. The first-order valence-electron chi connectivity index (χ1n) is 11.4. The second kappa shape index (κ2) is 9.43. The summed E-state index contributed by atoms with van der Waals surface area (Å²) in [7, 11) is 1.53. The van der Waals surface area contributed by atoms with Crippen molar-refractivity contribution in [3.05, 3.63) is 53.9 Å². The predicted octanol–water partition coefficient (Wildman–Crippen LogP) is 2.26. The molecule has 182 valence electrons. The number of hydrogen-bond donors (Lipinski definition) is 3. The van der Waals surface area contributed by atoms with E-state index in [2.05, 4.69) is 20.8 Å². The van der Waals surface area contributed by atoms with E-state index in [0.29, 0.717) is 47.9 Å². The van der Waals surface area contributed by atoms with Gasteiger partial charge in [-0.25, -0.2) is 13.9 Å². The van der Waals surface area contributed by atoms with Gasteiger partial charge in [-0.3, -0.25) is 9.48 Å². The largest absolute Gasteiger partial charge is 0.394 e. The van der Waals surface area contributed by atoms with Crippen molar-refractivity contribution in [2.24, 2.45) is 0 Å². The number of amides is 1. The Bertz CT molecular complexity index is 1390. The van der Waals surface area contributed by atoms with E-state index in [4.69, 9.17) is 9.72 Å². The number of carbonyl (C=O) groups excluding carboxylic acids is 1. The Labute approximate surface area is 200 Å². The molecule has 1 aliphatic rings. The monoisotopic (exact) mass is 479 g/mol. The van der Waals surface area contributed by atoms with Crippen molar-refractivity contribution in [2.45, 2.75) is 25.9 Å². The van der Waals surface area contributed by atoms with Crippen molar-refractivity contribution >= 4 is 17.4 Å². The highest BCUT2D eigenvalue weighted by molar-refractivity contribution is 5.96. The van der Waals surface area contributed by atoms with Gasteiger partial charge in [0, 0.05) is 53.9 Å². The van der Waals surface area contributed by atoms with Gasteiger partial charge in [-0.1, -0.05) is 0 Å². The van der Waals surface area contributed by atoms with E-state index < -0.39 is 5.82 Å². The molecule has 11 heteroatoms. The van der Waals surface area contributed by atoms with E-state index in [1.54, 1.807) is 28.5 Å². The molecule has 0 aliphatic carbocycles. The number of aliphatic hydroxyl groups excluding tert-OH is 1. The first-order chi connectivity index (χ1) is 17.0. The van der Waals surface area contributed by atoms with Crippen molar-refractivity contribution in [3.63, 3.8) is 0 Å². The molecule has 1 atom stereocenters. The lowest BCUT2D eigenvalue weighted by Gasteiger charge is -2.15. The topological polar surface area (TPSA) is 119 Å². The molecule has 1 saturated heterocycles. The summed E-state index contributed by atoms with van der Waals surface area (Å²) in [5.74, 6) is -0.134. The van der Waals surface area contributed by atoms with Crippen LogP contribution in [0.4, 0.5) is 10.2 Å². The minimum Gasteiger partial charge on any atom is -0.394 e. The van der Waals surface area contributed by atoms with Crippen molar-refractivity contribution in [3.8, 4) is 22.3 Å². The standard InChI is InChI=1S/C24H26FN7O3/c1-14-7-15(24(34)26-2)8-18(21(14)25)19-10-28-32-12-20(16-9-27-31(11-16)4-5-33)22(30-23(19)32)29-17-3-6-35-13-17/h7-12,17,33H,3-6,13H2,1-2H3,(H,26,34)(H,29,30)/t17-/m0/s1. The fourth-order valence-electron chi connectivity index (χ4n) is 4.23. The summed E-state index contributed by atoms with van der Waals surface area (Å²) < 4.78 is 24.0. The molecular weight excluding hydrogens is 453 g/mol. The van der Waals surface area contributed by atoms with Crippen LogP contribution in [0.25, 0.3) is 27.9 Å². The van der Waals surface area contributed by atoms with E-state index in [-0.39, 0.29) is 24.1 Å². The highest BCUT2D eigenvalue weighted by atomic mass is 19.1. The Balaban J connectivity index is 1.65. The van der Waals surface area contributed by atoms with E-state index >= 15 is 4.39 Å². The van der Waals surface area contributed by atoms with Crippen molar-refractivity contribution < 1.29 is 19.0 Å². The fourth-order valence-corrected chi connectivity index (χ4v) is 4.23. The van der Waals surface area contributed by atoms with Crippen LogP contribution in [0.15, 0.2) is 36.9 Å². The number of carbonyl (C=O) groups is 1. The van der Waals surface area contributed by atoms with Crippen LogP contribution in [0.5, 0.6) is 0 Å². The molecule has 1 fully saturated rings. The van der Waals surface area contributed by atoms with Gasteiger partial charge < -0.3 is 20.5 Å². The number of aliphatic hydroxyl groups is 1. The van der Waals surface area contributed by atoms with Gasteiger partial charge in [-0.2, -0.15) is 10.2 Å². The Morgan fingerprint density at radius 2 is 2.09 bits per heavy atom. The summed E-state index contributed by atoms with van der Waals surface area (Å²) in [5.41, 5.74) is 3.46. The van der Waals surface area contributed by atoms with Crippen molar-refractivity contribution in [1.29, 1.82) is 0 Å². The zero-order valence-electron chi connectivity index (χ0n) is 19.5. The first-order valence-corrected chi connectivity index (χ1v) is 11.4. The molecule has 0 radical (unpaired) electrons. The number of nitrogens with zero attached hydrogens (tertiary/aromatic N) is 5. The number of anilines is 1. The zero-order valence-corrected chi connectivity index (χ0v) is 19.5. The molecule has 0 bridgehead atoms. The quantitative estimate of drug-likeness (QED) is 0.372. The maximum atomic E-state index is 15.2. The molecule has 35 heavy (non-hydrogen) atoms. The van der Waals surface area contributed by atoms with Crippen LogP contribution < -0.4 is 10.6 Å². The highest BCUT2D eigenvalue weighted by Crippen LogP contribution is 2.33. The molecule has 3 N–H and O–H groups in total. The highest BCUT2D eigenvalue weighted by Gasteiger charge is 2.22. The van der Waals surface area contributed by atoms with Crippen LogP contribution in [0.2, 0.25) is 0 Å². The molecule has 1 aromatic carbocycles. The average Bonchev–Trinajstić information content (AvgIpc) is 3.61. The lowest BCUT2D eigenvalue weighted by atomic mass is 10.0. The van der Waals surface area contributed by atoms with E-state index in [1.807, 2.05) is 12.4 Å². The van der Waals surface area contributed by atoms with Gasteiger partial charge in [0.05, 0.1) is 38.2 Å². The number of benzene rings is 1. The molecule has 0 spiro atoms. The van der Waals surface area contributed by atoms with Crippen LogP contribution in [0.3, 0.4) is 0 Å². The van der Waals surface area contributed by atoms with Gasteiger partial charge >= 0.3 is 0 Å². The maximum absolute atomic E-state index is 15.2. The van der Waals surface area contributed by atoms with Gasteiger partial charge in [0.2, 0.25) is 0 Å². The number of ether oxygens (including phenoxy) is 1. The summed E-state index contributed by atoms with van der Waals surface area (Å²) in [6.07, 6.45) is 7.74. The minimum absolute atomic E-state index is 0.0223. The lowest BCUT2D eigenvalue weighted by Crippen LogP contribution is -2.20. The summed E-state index contributed by atoms with van der Waals surface area (Å²) in [4.78, 5) is 17.1. The molecular formula is C24H26FN7O3. The SMILES string of the molecule is CNC(=O)c1cc(C)c(F)c(-c2cnn3cc(-c4cnn(CCO)c4)c(N[C@H]4CCOC4)nc23)c1. The molecule has 5 rings (SSSR count). The molecule has 1 aliphatic heterocycles. The molecule has 0 unspecified atom stereocenters. The summed E-state index contributed by atoms with van der Waals surface area (Å²) in [6, 6.07) is 3.12. The third-order valence-corrected chi connectivity index (χ3v) is 6.07. The summed E-state index contributed by atoms with van der Waals surface area (Å²) in [5, 5.41) is 24.0. The van der Waals surface area contributed by atoms with Crippen molar-refractivity contribution in [1.82, 2.24) is 29.7 Å². The van der Waals surface area contributed by atoms with Crippen LogP contribution >= 0.6 is 0 Å². The third kappa shape index (κ3) is 4.35. The third-order valence-electron chi connectivity index (χ3n) is 6.07. The maximum Gasteiger partial charge on any atom is 0.251 e. The number of halogens is 1.